The molecule has 2 aromatic heterocycles. The number of H-pyrrole nitrogens is 1. The minimum Gasteiger partial charge on any atom is -0.297 e. The van der Waals surface area contributed by atoms with Crippen LogP contribution in [0, 0.1) is 25.1 Å². The lowest BCUT2D eigenvalue weighted by atomic mass is 10.1. The van der Waals surface area contributed by atoms with E-state index in [0.29, 0.717) is 22.3 Å². The van der Waals surface area contributed by atoms with E-state index in [0.717, 1.165) is 5.56 Å². The number of fused-ring (bicyclic) bond motifs is 1. The van der Waals surface area contributed by atoms with E-state index in [1.54, 1.807) is 19.1 Å². The number of hydrogen-bond donors (Lipinski definition) is 1. The molecule has 3 rings (SSSR count). The van der Waals surface area contributed by atoms with Crippen LogP contribution in [0.25, 0.3) is 16.9 Å². The van der Waals surface area contributed by atoms with E-state index in [1.807, 2.05) is 0 Å². The van der Waals surface area contributed by atoms with Crippen LogP contribution in [0.2, 0.25) is 0 Å². The minimum absolute atomic E-state index is 0.196. The van der Waals surface area contributed by atoms with Crippen molar-refractivity contribution in [1.29, 1.82) is 0 Å². The predicted octanol–water partition coefficient (Wildman–Crippen LogP) is 2.26. The lowest BCUT2D eigenvalue weighted by Gasteiger charge is -2.04. The third-order valence-corrected chi connectivity index (χ3v) is 3.82. The van der Waals surface area contributed by atoms with E-state index in [9.17, 15) is 9.18 Å². The van der Waals surface area contributed by atoms with E-state index in [4.69, 9.17) is 6.42 Å². The zero-order valence-corrected chi connectivity index (χ0v) is 12.4. The van der Waals surface area contributed by atoms with E-state index in [1.165, 1.54) is 28.4 Å². The third-order valence-electron chi connectivity index (χ3n) is 3.05. The molecular weight excluding hydrogens is 303 g/mol. The number of aryl methyl sites for hydroxylation is 1. The molecule has 0 radical (unpaired) electrons. The van der Waals surface area contributed by atoms with Crippen molar-refractivity contribution < 1.29 is 4.39 Å². The topological polar surface area (TPSA) is 63.1 Å². The Labute approximate surface area is 129 Å². The highest BCUT2D eigenvalue weighted by molar-refractivity contribution is 7.99. The summed E-state index contributed by atoms with van der Waals surface area (Å²) in [5.41, 5.74) is 1.89. The Morgan fingerprint density at radius 2 is 2.14 bits per heavy atom. The summed E-state index contributed by atoms with van der Waals surface area (Å²) < 4.78 is 14.6. The molecule has 7 heteroatoms. The molecule has 0 aliphatic carbocycles. The van der Waals surface area contributed by atoms with Gasteiger partial charge in [-0.05, 0) is 31.2 Å². The Morgan fingerprint density at radius 1 is 1.41 bits per heavy atom. The Kier molecular flexibility index (Phi) is 3.69. The van der Waals surface area contributed by atoms with Crippen LogP contribution in [0.4, 0.5) is 4.39 Å². The minimum atomic E-state index is -0.342. The average Bonchev–Trinajstić information content (AvgIpc) is 2.83. The molecule has 0 amide bonds. The van der Waals surface area contributed by atoms with Gasteiger partial charge >= 0.3 is 0 Å². The summed E-state index contributed by atoms with van der Waals surface area (Å²) in [6.45, 7) is 1.78. The van der Waals surface area contributed by atoms with Gasteiger partial charge in [-0.3, -0.25) is 9.78 Å². The van der Waals surface area contributed by atoms with Gasteiger partial charge in [-0.25, -0.2) is 13.9 Å². The molecule has 0 saturated heterocycles. The highest BCUT2D eigenvalue weighted by atomic mass is 32.2. The van der Waals surface area contributed by atoms with Gasteiger partial charge in [0.25, 0.3) is 5.56 Å². The summed E-state index contributed by atoms with van der Waals surface area (Å²) in [7, 11) is 0. The zero-order chi connectivity index (χ0) is 15.7. The van der Waals surface area contributed by atoms with Crippen molar-refractivity contribution in [2.75, 3.05) is 5.75 Å². The number of rotatable bonds is 3. The lowest BCUT2D eigenvalue weighted by molar-refractivity contribution is 0.628. The van der Waals surface area contributed by atoms with Crippen LogP contribution < -0.4 is 5.56 Å². The highest BCUT2D eigenvalue weighted by Gasteiger charge is 2.15. The number of benzene rings is 1. The number of nitrogens with zero attached hydrogens (tertiary/aromatic N) is 3. The summed E-state index contributed by atoms with van der Waals surface area (Å²) in [6.07, 6.45) is 5.22. The summed E-state index contributed by atoms with van der Waals surface area (Å²) in [5.74, 6) is 2.55. The fourth-order valence-electron chi connectivity index (χ4n) is 2.15. The summed E-state index contributed by atoms with van der Waals surface area (Å²) in [6, 6.07) is 5.97. The molecule has 0 atom stereocenters. The van der Waals surface area contributed by atoms with Crippen molar-refractivity contribution in [1.82, 2.24) is 19.6 Å². The molecule has 0 unspecified atom stereocenters. The maximum atomic E-state index is 13.1. The molecule has 2 heterocycles. The summed E-state index contributed by atoms with van der Waals surface area (Å²) >= 11 is 1.25. The first-order valence-corrected chi connectivity index (χ1v) is 7.40. The molecule has 0 fully saturated rings. The first-order chi connectivity index (χ1) is 10.6. The molecule has 0 aliphatic rings. The molecule has 0 spiro atoms. The molecule has 1 N–H and O–H groups in total. The number of hydrogen-bond acceptors (Lipinski definition) is 4. The standard InChI is InChI=1S/C15H11FN4OS/c1-3-8-22-15-18-14(21)13-17-9(2)12(20(13)19-15)10-4-6-11(16)7-5-10/h1,4-7H,8H2,2H3,(H,18,19,21). The van der Waals surface area contributed by atoms with Crippen LogP contribution in [0.3, 0.4) is 0 Å². The quantitative estimate of drug-likeness (QED) is 0.595. The van der Waals surface area contributed by atoms with E-state index in [-0.39, 0.29) is 17.0 Å². The molecular formula is C15H11FN4OS. The van der Waals surface area contributed by atoms with E-state index >= 15 is 0 Å². The third kappa shape index (κ3) is 2.49. The van der Waals surface area contributed by atoms with Crippen molar-refractivity contribution in [3.8, 4) is 23.6 Å². The van der Waals surface area contributed by atoms with Gasteiger partial charge in [-0.1, -0.05) is 17.7 Å². The molecule has 5 nitrogen and oxygen atoms in total. The molecule has 110 valence electrons. The number of nitrogens with one attached hydrogen (secondary N) is 1. The molecule has 1 aromatic carbocycles. The van der Waals surface area contributed by atoms with Crippen LogP contribution in [-0.2, 0) is 0 Å². The van der Waals surface area contributed by atoms with Gasteiger partial charge in [0.1, 0.15) is 5.82 Å². The molecule has 3 aromatic rings. The Balaban J connectivity index is 2.23. The Bertz CT molecular complexity index is 937. The highest BCUT2D eigenvalue weighted by Crippen LogP contribution is 2.24. The van der Waals surface area contributed by atoms with Crippen LogP contribution in [0.1, 0.15) is 5.69 Å². The zero-order valence-electron chi connectivity index (χ0n) is 11.6. The van der Waals surface area contributed by atoms with Gasteiger partial charge < -0.3 is 0 Å². The van der Waals surface area contributed by atoms with Crippen molar-refractivity contribution in [3.63, 3.8) is 0 Å². The Hall–Kier alpha value is -2.59. The predicted molar refractivity (Wildman–Crippen MR) is 83.3 cm³/mol. The largest absolute Gasteiger partial charge is 0.297 e. The molecule has 22 heavy (non-hydrogen) atoms. The van der Waals surface area contributed by atoms with Gasteiger partial charge in [0, 0.05) is 5.56 Å². The van der Waals surface area contributed by atoms with Gasteiger partial charge in [-0.15, -0.1) is 11.5 Å². The maximum Gasteiger partial charge on any atom is 0.295 e. The van der Waals surface area contributed by atoms with Crippen LogP contribution in [0.5, 0.6) is 0 Å². The van der Waals surface area contributed by atoms with Gasteiger partial charge in [-0.2, -0.15) is 0 Å². The SMILES string of the molecule is C#CCSc1nn2c(-c3ccc(F)cc3)c(C)nc2c(=O)[nH]1. The maximum absolute atomic E-state index is 13.1. The number of aromatic nitrogens is 4. The smallest absolute Gasteiger partial charge is 0.295 e. The van der Waals surface area contributed by atoms with Crippen molar-refractivity contribution >= 4 is 17.4 Å². The number of imidazole rings is 1. The summed E-state index contributed by atoms with van der Waals surface area (Å²) in [5, 5.41) is 4.78. The van der Waals surface area contributed by atoms with Crippen molar-refractivity contribution in [2.45, 2.75) is 12.1 Å². The Morgan fingerprint density at radius 3 is 2.82 bits per heavy atom. The average molecular weight is 314 g/mol. The van der Waals surface area contributed by atoms with E-state index in [2.05, 4.69) is 21.0 Å². The van der Waals surface area contributed by atoms with Crippen molar-refractivity contribution in [3.05, 3.63) is 46.1 Å². The van der Waals surface area contributed by atoms with Crippen molar-refractivity contribution in [2.24, 2.45) is 0 Å². The fraction of sp³-hybridized carbons (Fsp3) is 0.133. The van der Waals surface area contributed by atoms with Crippen LogP contribution in [-0.4, -0.2) is 25.3 Å². The normalized spacial score (nSPS) is 10.8. The first kappa shape index (κ1) is 14.4. The van der Waals surface area contributed by atoms with E-state index < -0.39 is 0 Å². The second-order valence-electron chi connectivity index (χ2n) is 4.54. The van der Waals surface area contributed by atoms with Gasteiger partial charge in [0.2, 0.25) is 5.65 Å². The number of halogens is 1. The van der Waals surface area contributed by atoms with Crippen LogP contribution in [0.15, 0.2) is 34.2 Å². The molecule has 0 saturated carbocycles. The lowest BCUT2D eigenvalue weighted by Crippen LogP contribution is -2.14. The van der Waals surface area contributed by atoms with Crippen LogP contribution >= 0.6 is 11.8 Å². The van der Waals surface area contributed by atoms with Gasteiger partial charge in [0.15, 0.2) is 5.16 Å². The first-order valence-electron chi connectivity index (χ1n) is 6.42. The van der Waals surface area contributed by atoms with Gasteiger partial charge in [0.05, 0.1) is 17.1 Å². The number of thioether (sulfide) groups is 1. The monoisotopic (exact) mass is 314 g/mol. The second-order valence-corrected chi connectivity index (χ2v) is 5.50. The fourth-order valence-corrected chi connectivity index (χ4v) is 2.67. The molecule has 0 aliphatic heterocycles. The molecule has 0 bridgehead atoms. The second kappa shape index (κ2) is 5.66. The number of aromatic amines is 1. The summed E-state index contributed by atoms with van der Waals surface area (Å²) in [4.78, 5) is 19.0. The number of terminal acetylenes is 1.